The molecule has 0 aromatic carbocycles. The lowest BCUT2D eigenvalue weighted by atomic mass is 10.4. The van der Waals surface area contributed by atoms with Crippen molar-refractivity contribution in [3.8, 4) is 0 Å². The van der Waals surface area contributed by atoms with Gasteiger partial charge in [-0.25, -0.2) is 0 Å². The third-order valence-corrected chi connectivity index (χ3v) is 4.61. The van der Waals surface area contributed by atoms with E-state index in [4.69, 9.17) is 5.11 Å². The van der Waals surface area contributed by atoms with Crippen LogP contribution in [0.2, 0.25) is 12.1 Å². The number of carboxylic acid groups (broad SMARTS) is 1. The molecule has 1 fully saturated rings. The van der Waals surface area contributed by atoms with Gasteiger partial charge in [0.1, 0.15) is 0 Å². The van der Waals surface area contributed by atoms with E-state index in [2.05, 4.69) is 0 Å². The topological polar surface area (TPSA) is 37.3 Å². The SMILES string of the molecule is O=C(O)[SiH]1CCCC1. The first-order valence-corrected chi connectivity index (χ1v) is 5.24. The van der Waals surface area contributed by atoms with E-state index in [0.717, 1.165) is 12.1 Å². The standard InChI is InChI=1S/C5H10O2Si/c6-5(7)8-3-1-2-4-8/h8H,1-4H2,(H,6,7). The first-order valence-electron chi connectivity index (χ1n) is 3.03. The van der Waals surface area contributed by atoms with E-state index >= 15 is 0 Å². The third kappa shape index (κ3) is 1.09. The quantitative estimate of drug-likeness (QED) is 0.543. The Balaban J connectivity index is 2.35. The highest BCUT2D eigenvalue weighted by molar-refractivity contribution is 6.88. The van der Waals surface area contributed by atoms with Crippen molar-refractivity contribution in [2.45, 2.75) is 24.9 Å². The Kier molecular flexibility index (Phi) is 1.68. The van der Waals surface area contributed by atoms with Crippen LogP contribution in [0, 0.1) is 0 Å². The van der Waals surface area contributed by atoms with Crippen LogP contribution in [0.3, 0.4) is 0 Å². The molecule has 0 radical (unpaired) electrons. The molecule has 0 atom stereocenters. The van der Waals surface area contributed by atoms with Crippen LogP contribution in [0.5, 0.6) is 0 Å². The summed E-state index contributed by atoms with van der Waals surface area (Å²) in [7, 11) is -1.24. The minimum absolute atomic E-state index is 0.470. The van der Waals surface area contributed by atoms with Crippen LogP contribution in [-0.2, 0) is 0 Å². The lowest BCUT2D eigenvalue weighted by Gasteiger charge is -1.94. The van der Waals surface area contributed by atoms with Crippen molar-refractivity contribution in [3.05, 3.63) is 0 Å². The smallest absolute Gasteiger partial charge is 0.265 e. The minimum atomic E-state index is -1.24. The molecule has 0 spiro atoms. The molecule has 0 aromatic heterocycles. The van der Waals surface area contributed by atoms with E-state index < -0.39 is 14.4 Å². The fraction of sp³-hybridized carbons (Fsp3) is 0.800. The molecule has 1 saturated heterocycles. The molecule has 8 heavy (non-hydrogen) atoms. The van der Waals surface area contributed by atoms with Crippen molar-refractivity contribution in [2.75, 3.05) is 0 Å². The lowest BCUT2D eigenvalue weighted by molar-refractivity contribution is 0.219. The second kappa shape index (κ2) is 2.30. The summed E-state index contributed by atoms with van der Waals surface area (Å²) < 4.78 is 0. The van der Waals surface area contributed by atoms with E-state index in [9.17, 15) is 4.79 Å². The Labute approximate surface area is 50.1 Å². The van der Waals surface area contributed by atoms with Gasteiger partial charge in [-0.15, -0.1) is 0 Å². The Hall–Kier alpha value is -0.313. The van der Waals surface area contributed by atoms with Gasteiger partial charge in [-0.1, -0.05) is 12.8 Å². The average Bonchev–Trinajstić information content (AvgIpc) is 2.12. The predicted molar refractivity (Wildman–Crippen MR) is 34.0 cm³/mol. The monoisotopic (exact) mass is 130 g/mol. The van der Waals surface area contributed by atoms with E-state index in [1.807, 2.05) is 0 Å². The average molecular weight is 130 g/mol. The van der Waals surface area contributed by atoms with Gasteiger partial charge in [-0.05, 0) is 12.1 Å². The summed E-state index contributed by atoms with van der Waals surface area (Å²) in [6.45, 7) is 0. The summed E-state index contributed by atoms with van der Waals surface area (Å²) in [5.41, 5.74) is -0.470. The normalized spacial score (nSPS) is 21.5. The van der Waals surface area contributed by atoms with Crippen LogP contribution in [0.4, 0.5) is 4.79 Å². The minimum Gasteiger partial charge on any atom is -0.486 e. The summed E-state index contributed by atoms with van der Waals surface area (Å²) in [6.07, 6.45) is 2.34. The Bertz CT molecular complexity index is 96.6. The van der Waals surface area contributed by atoms with E-state index in [-0.39, 0.29) is 0 Å². The molecule has 1 N–H and O–H groups in total. The molecular weight excluding hydrogens is 120 g/mol. The maximum Gasteiger partial charge on any atom is 0.265 e. The maximum absolute atomic E-state index is 10.3. The zero-order valence-electron chi connectivity index (χ0n) is 4.76. The van der Waals surface area contributed by atoms with Gasteiger partial charge in [0.2, 0.25) is 0 Å². The van der Waals surface area contributed by atoms with Crippen LogP contribution in [-0.4, -0.2) is 19.5 Å². The second-order valence-electron chi connectivity index (χ2n) is 2.32. The first kappa shape index (κ1) is 5.82. The van der Waals surface area contributed by atoms with Crippen molar-refractivity contribution in [1.29, 1.82) is 0 Å². The molecule has 0 unspecified atom stereocenters. The summed E-state index contributed by atoms with van der Waals surface area (Å²) in [5, 5.41) is 8.47. The maximum atomic E-state index is 10.3. The Morgan fingerprint density at radius 1 is 1.38 bits per heavy atom. The molecule has 1 aliphatic rings. The molecule has 0 aliphatic carbocycles. The highest BCUT2D eigenvalue weighted by Crippen LogP contribution is 2.19. The van der Waals surface area contributed by atoms with Crippen molar-refractivity contribution in [3.63, 3.8) is 0 Å². The molecule has 0 amide bonds. The fourth-order valence-corrected chi connectivity index (χ4v) is 3.52. The summed E-state index contributed by atoms with van der Waals surface area (Å²) in [4.78, 5) is 10.3. The van der Waals surface area contributed by atoms with Crippen molar-refractivity contribution < 1.29 is 9.90 Å². The summed E-state index contributed by atoms with van der Waals surface area (Å²) >= 11 is 0. The molecule has 3 heteroatoms. The largest absolute Gasteiger partial charge is 0.486 e. The van der Waals surface area contributed by atoms with Crippen LogP contribution in [0.1, 0.15) is 12.8 Å². The summed E-state index contributed by atoms with van der Waals surface area (Å²) in [5.74, 6) is 0. The van der Waals surface area contributed by atoms with Gasteiger partial charge in [0, 0.05) is 0 Å². The van der Waals surface area contributed by atoms with Gasteiger partial charge in [0.25, 0.3) is 5.59 Å². The van der Waals surface area contributed by atoms with Crippen LogP contribution < -0.4 is 0 Å². The molecule has 1 aliphatic heterocycles. The van der Waals surface area contributed by atoms with Crippen LogP contribution in [0.15, 0.2) is 0 Å². The van der Waals surface area contributed by atoms with Gasteiger partial charge in [0.15, 0.2) is 8.80 Å². The van der Waals surface area contributed by atoms with Gasteiger partial charge < -0.3 is 5.11 Å². The van der Waals surface area contributed by atoms with Crippen molar-refractivity contribution in [1.82, 2.24) is 0 Å². The summed E-state index contributed by atoms with van der Waals surface area (Å²) in [6, 6.07) is 2.07. The second-order valence-corrected chi connectivity index (χ2v) is 5.36. The lowest BCUT2D eigenvalue weighted by Crippen LogP contribution is -2.18. The molecule has 0 bridgehead atoms. The number of hydrogen-bond donors (Lipinski definition) is 1. The highest BCUT2D eigenvalue weighted by atomic mass is 28.3. The van der Waals surface area contributed by atoms with Gasteiger partial charge in [-0.3, -0.25) is 4.79 Å². The van der Waals surface area contributed by atoms with Crippen LogP contribution in [0.25, 0.3) is 0 Å². The van der Waals surface area contributed by atoms with Crippen molar-refractivity contribution >= 4 is 14.4 Å². The predicted octanol–water partition coefficient (Wildman–Crippen LogP) is 1.27. The van der Waals surface area contributed by atoms with E-state index in [1.165, 1.54) is 12.8 Å². The Morgan fingerprint density at radius 3 is 2.12 bits per heavy atom. The molecule has 0 saturated carbocycles. The Morgan fingerprint density at radius 2 is 1.88 bits per heavy atom. The first-order chi connectivity index (χ1) is 3.80. The molecule has 46 valence electrons. The number of hydrogen-bond acceptors (Lipinski definition) is 1. The van der Waals surface area contributed by atoms with Gasteiger partial charge in [0.05, 0.1) is 0 Å². The van der Waals surface area contributed by atoms with Crippen molar-refractivity contribution in [2.24, 2.45) is 0 Å². The number of rotatable bonds is 1. The van der Waals surface area contributed by atoms with E-state index in [1.54, 1.807) is 0 Å². The molecule has 1 rings (SSSR count). The van der Waals surface area contributed by atoms with Gasteiger partial charge in [-0.2, -0.15) is 0 Å². The molecule has 1 heterocycles. The number of carbonyl (C=O) groups is 1. The zero-order chi connectivity index (χ0) is 5.98. The third-order valence-electron chi connectivity index (χ3n) is 1.70. The van der Waals surface area contributed by atoms with Gasteiger partial charge >= 0.3 is 0 Å². The highest BCUT2D eigenvalue weighted by Gasteiger charge is 2.23. The van der Waals surface area contributed by atoms with E-state index in [0.29, 0.717) is 0 Å². The molecule has 0 aromatic rings. The molecular formula is C5H10O2Si. The molecule has 2 nitrogen and oxygen atoms in total. The zero-order valence-corrected chi connectivity index (χ0v) is 5.92. The van der Waals surface area contributed by atoms with Crippen LogP contribution >= 0.6 is 0 Å². The fourth-order valence-electron chi connectivity index (χ4n) is 1.17.